The number of esters is 1. The summed E-state index contributed by atoms with van der Waals surface area (Å²) in [5.41, 5.74) is 5.16. The number of hydrogen-bond acceptors (Lipinski definition) is 3. The van der Waals surface area contributed by atoms with E-state index in [1.54, 1.807) is 0 Å². The number of amides is 1. The molecule has 0 radical (unpaired) electrons. The molecule has 0 bridgehead atoms. The van der Waals surface area contributed by atoms with Crippen LogP contribution in [-0.2, 0) is 14.3 Å². The molecule has 0 aliphatic carbocycles. The number of rotatable bonds is 7. The third-order valence-electron chi connectivity index (χ3n) is 2.75. The molecule has 3 N–H and O–H groups in total. The number of nitrogens with one attached hydrogen (secondary N) is 1. The SMILES string of the molecule is COC(=O)CCCCC[NH+]1C[C@H]1C(N)=O. The second-order valence-electron chi connectivity index (χ2n) is 3.95. The van der Waals surface area contributed by atoms with Gasteiger partial charge in [-0.05, 0) is 19.3 Å². The third-order valence-corrected chi connectivity index (χ3v) is 2.75. The lowest BCUT2D eigenvalue weighted by Crippen LogP contribution is -2.95. The third kappa shape index (κ3) is 4.29. The Labute approximate surface area is 89.6 Å². The average molecular weight is 215 g/mol. The number of carbonyl (C=O) groups is 2. The summed E-state index contributed by atoms with van der Waals surface area (Å²) in [6.07, 6.45) is 3.40. The van der Waals surface area contributed by atoms with Gasteiger partial charge in [-0.25, -0.2) is 0 Å². The van der Waals surface area contributed by atoms with Gasteiger partial charge in [0, 0.05) is 6.42 Å². The summed E-state index contributed by atoms with van der Waals surface area (Å²) < 4.78 is 4.53. The highest BCUT2D eigenvalue weighted by Gasteiger charge is 2.44. The molecule has 5 heteroatoms. The van der Waals surface area contributed by atoms with Gasteiger partial charge in [-0.1, -0.05) is 0 Å². The van der Waals surface area contributed by atoms with Gasteiger partial charge in [-0.3, -0.25) is 9.59 Å². The zero-order chi connectivity index (χ0) is 11.3. The number of carbonyl (C=O) groups excluding carboxylic acids is 2. The van der Waals surface area contributed by atoms with Crippen LogP contribution < -0.4 is 10.6 Å². The first-order valence-electron chi connectivity index (χ1n) is 5.36. The highest BCUT2D eigenvalue weighted by atomic mass is 16.5. The van der Waals surface area contributed by atoms with Gasteiger partial charge in [0.25, 0.3) is 5.91 Å². The van der Waals surface area contributed by atoms with E-state index in [-0.39, 0.29) is 17.9 Å². The molecule has 2 atom stereocenters. The second-order valence-corrected chi connectivity index (χ2v) is 3.95. The molecule has 1 amide bonds. The van der Waals surface area contributed by atoms with Crippen LogP contribution >= 0.6 is 0 Å². The number of primary amides is 1. The van der Waals surface area contributed by atoms with E-state index in [1.165, 1.54) is 12.0 Å². The van der Waals surface area contributed by atoms with Crippen LogP contribution in [-0.4, -0.2) is 38.1 Å². The van der Waals surface area contributed by atoms with Crippen molar-refractivity contribution in [2.75, 3.05) is 20.2 Å². The zero-order valence-electron chi connectivity index (χ0n) is 9.12. The Balaban J connectivity index is 1.91. The molecule has 1 heterocycles. The smallest absolute Gasteiger partial charge is 0.305 e. The van der Waals surface area contributed by atoms with E-state index in [0.717, 1.165) is 32.4 Å². The normalized spacial score (nSPS) is 23.5. The van der Waals surface area contributed by atoms with Crippen molar-refractivity contribution < 1.29 is 19.2 Å². The predicted molar refractivity (Wildman–Crippen MR) is 54.2 cm³/mol. The van der Waals surface area contributed by atoms with Crippen LogP contribution in [0, 0.1) is 0 Å². The Bertz CT molecular complexity index is 243. The molecule has 0 spiro atoms. The molecule has 1 aliphatic rings. The second kappa shape index (κ2) is 5.70. The number of quaternary nitrogens is 1. The summed E-state index contributed by atoms with van der Waals surface area (Å²) in [4.78, 5) is 22.8. The number of nitrogens with two attached hydrogens (primary N) is 1. The first kappa shape index (κ1) is 12.0. The lowest BCUT2D eigenvalue weighted by molar-refractivity contribution is -0.769. The van der Waals surface area contributed by atoms with Crippen LogP contribution in [0.2, 0.25) is 0 Å². The maximum absolute atomic E-state index is 10.8. The maximum Gasteiger partial charge on any atom is 0.305 e. The molecule has 86 valence electrons. The van der Waals surface area contributed by atoms with E-state index in [1.807, 2.05) is 0 Å². The Morgan fingerprint density at radius 2 is 2.13 bits per heavy atom. The minimum Gasteiger partial charge on any atom is -0.469 e. The zero-order valence-corrected chi connectivity index (χ0v) is 9.12. The van der Waals surface area contributed by atoms with Crippen molar-refractivity contribution in [1.29, 1.82) is 0 Å². The Morgan fingerprint density at radius 3 is 2.67 bits per heavy atom. The molecular formula is C10H19N2O3+. The minimum atomic E-state index is -0.195. The van der Waals surface area contributed by atoms with Crippen molar-refractivity contribution in [3.63, 3.8) is 0 Å². The largest absolute Gasteiger partial charge is 0.469 e. The summed E-state index contributed by atoms with van der Waals surface area (Å²) in [6.45, 7) is 1.86. The van der Waals surface area contributed by atoms with Gasteiger partial charge in [-0.15, -0.1) is 0 Å². The first-order valence-corrected chi connectivity index (χ1v) is 5.36. The van der Waals surface area contributed by atoms with Crippen LogP contribution in [0.15, 0.2) is 0 Å². The van der Waals surface area contributed by atoms with Crippen molar-refractivity contribution >= 4 is 11.9 Å². The molecule has 1 fully saturated rings. The number of unbranched alkanes of at least 4 members (excludes halogenated alkanes) is 2. The molecule has 0 aromatic heterocycles. The van der Waals surface area contributed by atoms with Crippen molar-refractivity contribution in [2.45, 2.75) is 31.7 Å². The van der Waals surface area contributed by atoms with Crippen LogP contribution in [0.25, 0.3) is 0 Å². The van der Waals surface area contributed by atoms with E-state index in [0.29, 0.717) is 6.42 Å². The fraction of sp³-hybridized carbons (Fsp3) is 0.800. The quantitative estimate of drug-likeness (QED) is 0.307. The minimum absolute atomic E-state index is 0.0469. The monoisotopic (exact) mass is 215 g/mol. The molecule has 0 aromatic carbocycles. The summed E-state index contributed by atoms with van der Waals surface area (Å²) >= 11 is 0. The highest BCUT2D eigenvalue weighted by molar-refractivity contribution is 5.80. The fourth-order valence-corrected chi connectivity index (χ4v) is 1.68. The fourth-order valence-electron chi connectivity index (χ4n) is 1.68. The lowest BCUT2D eigenvalue weighted by Gasteiger charge is -2.00. The van der Waals surface area contributed by atoms with Gasteiger partial charge in [0.2, 0.25) is 6.04 Å². The Kier molecular flexibility index (Phi) is 4.55. The van der Waals surface area contributed by atoms with Crippen molar-refractivity contribution in [3.05, 3.63) is 0 Å². The van der Waals surface area contributed by atoms with E-state index in [2.05, 4.69) is 4.74 Å². The van der Waals surface area contributed by atoms with Crippen LogP contribution in [0.1, 0.15) is 25.7 Å². The van der Waals surface area contributed by atoms with Crippen molar-refractivity contribution in [3.8, 4) is 0 Å². The van der Waals surface area contributed by atoms with Gasteiger partial charge in [0.15, 0.2) is 0 Å². The van der Waals surface area contributed by atoms with Gasteiger partial charge in [0.1, 0.15) is 6.54 Å². The topological polar surface area (TPSA) is 73.8 Å². The first-order chi connectivity index (χ1) is 7.15. The summed E-state index contributed by atoms with van der Waals surface area (Å²) in [5, 5.41) is 0. The average Bonchev–Trinajstić information content (AvgIpc) is 2.96. The van der Waals surface area contributed by atoms with Gasteiger partial charge < -0.3 is 15.4 Å². The van der Waals surface area contributed by atoms with Gasteiger partial charge in [-0.2, -0.15) is 0 Å². The van der Waals surface area contributed by atoms with Crippen molar-refractivity contribution in [2.24, 2.45) is 5.73 Å². The molecule has 1 unspecified atom stereocenters. The molecule has 1 saturated heterocycles. The van der Waals surface area contributed by atoms with Crippen LogP contribution in [0.5, 0.6) is 0 Å². The molecular weight excluding hydrogens is 196 g/mol. The summed E-state index contributed by atoms with van der Waals surface area (Å²) in [7, 11) is 1.40. The molecule has 1 aliphatic heterocycles. The molecule has 1 rings (SSSR count). The molecule has 0 saturated carbocycles. The predicted octanol–water partition coefficient (Wildman–Crippen LogP) is -1.53. The number of methoxy groups -OCH3 is 1. The maximum atomic E-state index is 10.8. The number of hydrogen-bond donors (Lipinski definition) is 2. The van der Waals surface area contributed by atoms with E-state index >= 15 is 0 Å². The summed E-state index contributed by atoms with van der Waals surface area (Å²) in [6, 6.07) is 0.0469. The Morgan fingerprint density at radius 1 is 1.40 bits per heavy atom. The van der Waals surface area contributed by atoms with Crippen LogP contribution in [0.3, 0.4) is 0 Å². The van der Waals surface area contributed by atoms with Crippen LogP contribution in [0.4, 0.5) is 0 Å². The van der Waals surface area contributed by atoms with Gasteiger partial charge in [0.05, 0.1) is 13.7 Å². The Hall–Kier alpha value is -1.10. The highest BCUT2D eigenvalue weighted by Crippen LogP contribution is 2.00. The van der Waals surface area contributed by atoms with Crippen molar-refractivity contribution in [1.82, 2.24) is 0 Å². The van der Waals surface area contributed by atoms with Gasteiger partial charge >= 0.3 is 5.97 Å². The van der Waals surface area contributed by atoms with E-state index in [9.17, 15) is 9.59 Å². The molecule has 0 aromatic rings. The summed E-state index contributed by atoms with van der Waals surface area (Å²) in [5.74, 6) is -0.344. The molecule has 15 heavy (non-hydrogen) atoms. The number of ether oxygens (including phenoxy) is 1. The van der Waals surface area contributed by atoms with E-state index < -0.39 is 0 Å². The lowest BCUT2D eigenvalue weighted by atomic mass is 10.2. The van der Waals surface area contributed by atoms with E-state index in [4.69, 9.17) is 5.73 Å². The molecule has 5 nitrogen and oxygen atoms in total. The standard InChI is InChI=1S/C10H18N2O3/c1-15-9(13)5-3-2-4-6-12-7-8(12)10(11)14/h8H,2-7H2,1H3,(H2,11,14)/p+1/t8-,12?/m0/s1.